The molecule has 0 spiro atoms. The first-order valence-corrected chi connectivity index (χ1v) is 21.0. The standard InChI is InChI=1S/C58H43N4O.Pt/c1-58(2,3)44-34-35-59-56(36-44)62-52-25-11-10-22-50(52)51-33-32-47(38-55(51)62)63-46-21-14-20-45(37-46)60-39-61(54-27-13-12-26-53(54)60)57-48(42-18-8-5-9-19-42)23-15-24-49(57)43-30-28-41(29-31-43)40-16-6-4-7-17-40;/h4-36,39H,1-3H3;/q-3;/i15D,23D,24D,30D,31D;. The van der Waals surface area contributed by atoms with Crippen LogP contribution < -0.4 is 14.5 Å². The Hall–Kier alpha value is -7.20. The zero-order valence-electron chi connectivity index (χ0n) is 40.3. The largest absolute Gasteiger partial charge is 0.509 e. The Morgan fingerprint density at radius 1 is 0.578 bits per heavy atom. The van der Waals surface area contributed by atoms with Crippen LogP contribution in [-0.2, 0) is 26.5 Å². The van der Waals surface area contributed by atoms with Gasteiger partial charge in [0.1, 0.15) is 5.82 Å². The second-order valence-electron chi connectivity index (χ2n) is 16.6. The predicted molar refractivity (Wildman–Crippen MR) is 259 cm³/mol. The fraction of sp³-hybridized carbons (Fsp3) is 0.0690. The second kappa shape index (κ2) is 16.8. The molecule has 0 atom stereocenters. The van der Waals surface area contributed by atoms with E-state index in [0.717, 1.165) is 44.6 Å². The number of para-hydroxylation sites is 4. The molecular formula is C58H43N4OPt-3. The van der Waals surface area contributed by atoms with Crippen molar-refractivity contribution in [3.63, 3.8) is 0 Å². The third kappa shape index (κ3) is 7.46. The minimum atomic E-state index is -0.291. The number of nitrogens with zero attached hydrogens (tertiary/aromatic N) is 4. The number of ether oxygens (including phenoxy) is 1. The van der Waals surface area contributed by atoms with Gasteiger partial charge in [-0.15, -0.1) is 48.1 Å². The van der Waals surface area contributed by atoms with E-state index in [-0.39, 0.29) is 67.8 Å². The Kier molecular flexibility index (Phi) is 9.27. The monoisotopic (exact) mass is 1010 g/mol. The molecule has 6 heteroatoms. The van der Waals surface area contributed by atoms with Crippen molar-refractivity contribution in [2.75, 3.05) is 9.80 Å². The van der Waals surface area contributed by atoms with E-state index in [0.29, 0.717) is 39.6 Å². The van der Waals surface area contributed by atoms with Gasteiger partial charge in [0.15, 0.2) is 0 Å². The van der Waals surface area contributed by atoms with Crippen LogP contribution in [0.5, 0.6) is 11.5 Å². The zero-order chi connectivity index (χ0) is 46.8. The molecule has 2 aromatic heterocycles. The third-order valence-electron chi connectivity index (χ3n) is 11.5. The minimum absolute atomic E-state index is 0. The normalized spacial score (nSPS) is 13.5. The van der Waals surface area contributed by atoms with Gasteiger partial charge in [-0.1, -0.05) is 160 Å². The van der Waals surface area contributed by atoms with Crippen LogP contribution in [0, 0.1) is 18.8 Å². The van der Waals surface area contributed by atoms with Crippen molar-refractivity contribution in [3.8, 4) is 50.7 Å². The molecule has 0 radical (unpaired) electrons. The van der Waals surface area contributed by atoms with Gasteiger partial charge in [-0.25, -0.2) is 4.98 Å². The first-order chi connectivity index (χ1) is 32.9. The fourth-order valence-corrected chi connectivity index (χ4v) is 8.38. The molecule has 0 saturated carbocycles. The Morgan fingerprint density at radius 3 is 1.97 bits per heavy atom. The maximum atomic E-state index is 9.50. The molecule has 0 N–H and O–H groups in total. The molecular weight excluding hydrogens is 964 g/mol. The van der Waals surface area contributed by atoms with Crippen LogP contribution in [0.25, 0.3) is 61.0 Å². The maximum absolute atomic E-state index is 9.50. The van der Waals surface area contributed by atoms with Crippen LogP contribution in [0.3, 0.4) is 0 Å². The third-order valence-corrected chi connectivity index (χ3v) is 11.5. The van der Waals surface area contributed by atoms with Gasteiger partial charge in [-0.3, -0.25) is 0 Å². The number of aromatic nitrogens is 2. The molecule has 0 aliphatic carbocycles. The van der Waals surface area contributed by atoms with Gasteiger partial charge in [-0.05, 0) is 69.0 Å². The van der Waals surface area contributed by atoms with E-state index in [4.69, 9.17) is 11.1 Å². The average molecular weight is 1010 g/mol. The maximum Gasteiger partial charge on any atom is 0.135 e. The molecule has 3 heterocycles. The van der Waals surface area contributed by atoms with E-state index in [1.54, 1.807) is 12.1 Å². The number of hydrogen-bond donors (Lipinski definition) is 0. The predicted octanol–water partition coefficient (Wildman–Crippen LogP) is 15.3. The van der Waals surface area contributed by atoms with E-state index in [9.17, 15) is 5.48 Å². The fourth-order valence-electron chi connectivity index (χ4n) is 8.38. The van der Waals surface area contributed by atoms with Crippen LogP contribution in [0.2, 0.25) is 0 Å². The molecule has 5 nitrogen and oxygen atoms in total. The number of benzene rings is 8. The van der Waals surface area contributed by atoms with Crippen molar-refractivity contribution in [2.24, 2.45) is 0 Å². The second-order valence-corrected chi connectivity index (χ2v) is 16.6. The Morgan fingerprint density at radius 2 is 1.22 bits per heavy atom. The summed E-state index contributed by atoms with van der Waals surface area (Å²) in [7, 11) is 0. The number of hydrogen-bond acceptors (Lipinski definition) is 4. The van der Waals surface area contributed by atoms with Crippen LogP contribution >= 0.6 is 0 Å². The molecule has 1 aliphatic rings. The first kappa shape index (κ1) is 35.3. The van der Waals surface area contributed by atoms with Crippen LogP contribution in [0.4, 0.5) is 22.7 Å². The van der Waals surface area contributed by atoms with Gasteiger partial charge >= 0.3 is 0 Å². The van der Waals surface area contributed by atoms with Crippen molar-refractivity contribution in [2.45, 2.75) is 26.2 Å². The molecule has 8 aromatic carbocycles. The van der Waals surface area contributed by atoms with Gasteiger partial charge < -0.3 is 19.1 Å². The smallest absolute Gasteiger partial charge is 0.135 e. The summed E-state index contributed by atoms with van der Waals surface area (Å²) in [5.74, 6) is 1.76. The van der Waals surface area contributed by atoms with E-state index < -0.39 is 0 Å². The quantitative estimate of drug-likeness (QED) is 0.142. The van der Waals surface area contributed by atoms with Gasteiger partial charge in [0, 0.05) is 72.5 Å². The van der Waals surface area contributed by atoms with Crippen molar-refractivity contribution < 1.29 is 32.7 Å². The number of pyridine rings is 1. The molecule has 64 heavy (non-hydrogen) atoms. The summed E-state index contributed by atoms with van der Waals surface area (Å²) in [6, 6.07) is 58.9. The summed E-state index contributed by atoms with van der Waals surface area (Å²) in [5.41, 5.74) is 8.61. The molecule has 0 amide bonds. The Labute approximate surface area is 396 Å². The summed E-state index contributed by atoms with van der Waals surface area (Å²) in [6.45, 7) is 8.47. The summed E-state index contributed by atoms with van der Waals surface area (Å²) < 4.78 is 55.6. The van der Waals surface area contributed by atoms with Crippen molar-refractivity contribution >= 4 is 44.6 Å². The minimum Gasteiger partial charge on any atom is -0.509 e. The molecule has 10 aromatic rings. The molecule has 0 fully saturated rings. The summed E-state index contributed by atoms with van der Waals surface area (Å²) in [5, 5.41) is 2.11. The van der Waals surface area contributed by atoms with Gasteiger partial charge in [0.05, 0.1) is 6.85 Å². The molecule has 0 bridgehead atoms. The molecule has 1 aliphatic heterocycles. The van der Waals surface area contributed by atoms with Crippen LogP contribution in [0.1, 0.15) is 33.2 Å². The Balaban J connectivity index is 0.00000553. The molecule has 0 saturated heterocycles. The summed E-state index contributed by atoms with van der Waals surface area (Å²) in [6.07, 6.45) is 1.86. The van der Waals surface area contributed by atoms with Crippen LogP contribution in [0.15, 0.2) is 200 Å². The van der Waals surface area contributed by atoms with Crippen molar-refractivity contribution in [1.29, 1.82) is 0 Å². The van der Waals surface area contributed by atoms with Gasteiger partial charge in [-0.2, -0.15) is 12.1 Å². The van der Waals surface area contributed by atoms with Gasteiger partial charge in [0.25, 0.3) is 0 Å². The summed E-state index contributed by atoms with van der Waals surface area (Å²) in [4.78, 5) is 8.72. The molecule has 11 rings (SSSR count). The first-order valence-electron chi connectivity index (χ1n) is 23.5. The zero-order valence-corrected chi connectivity index (χ0v) is 37.5. The molecule has 0 unspecified atom stereocenters. The van der Waals surface area contributed by atoms with E-state index in [1.807, 2.05) is 144 Å². The number of rotatable bonds is 8. The average Bonchev–Trinajstić information content (AvgIpc) is 3.90. The molecule has 314 valence electrons. The van der Waals surface area contributed by atoms with E-state index in [1.165, 1.54) is 5.56 Å². The van der Waals surface area contributed by atoms with Crippen molar-refractivity contribution in [3.05, 3.63) is 225 Å². The van der Waals surface area contributed by atoms with Crippen molar-refractivity contribution in [1.82, 2.24) is 9.55 Å². The van der Waals surface area contributed by atoms with Crippen LogP contribution in [-0.4, -0.2) is 9.55 Å². The van der Waals surface area contributed by atoms with E-state index in [2.05, 4.69) is 67.8 Å². The number of anilines is 4. The Bertz CT molecular complexity index is 3570. The SMILES string of the molecule is [2H]c1cc(-c2ccccc2)cc([2H])c1-c1c([2H])c([2H])c([2H])c(-c2ccccc2)c1N1[CH-]N(c2[c-]c(Oc3[c-]c4c(cc3)c3ccccc3n4-c3cc(C(C)(C)C)ccn3)ccc2)c2ccccc21.[Pt]. The summed E-state index contributed by atoms with van der Waals surface area (Å²) >= 11 is 0. The van der Waals surface area contributed by atoms with E-state index >= 15 is 0 Å². The number of fused-ring (bicyclic) bond motifs is 4. The van der Waals surface area contributed by atoms with Gasteiger partial charge in [0.2, 0.25) is 0 Å². The topological polar surface area (TPSA) is 33.5 Å².